The number of esters is 1. The van der Waals surface area contributed by atoms with Crippen LogP contribution in [0.3, 0.4) is 0 Å². The maximum Gasteiger partial charge on any atom is 0.573 e. The van der Waals surface area contributed by atoms with Crippen LogP contribution in [0.4, 0.5) is 13.2 Å². The van der Waals surface area contributed by atoms with Crippen molar-refractivity contribution in [3.63, 3.8) is 0 Å². The molecule has 0 bridgehead atoms. The molecule has 0 aliphatic heterocycles. The SMILES string of the molecule is Cc1c(OC(F)(F)F)ccc(O)c1C(=O)Oc1ccccc1. The van der Waals surface area contributed by atoms with E-state index >= 15 is 0 Å². The topological polar surface area (TPSA) is 55.8 Å². The molecule has 0 saturated heterocycles. The number of phenols is 1. The molecule has 0 amide bonds. The van der Waals surface area contributed by atoms with E-state index in [0.717, 1.165) is 12.1 Å². The first-order valence-corrected chi connectivity index (χ1v) is 6.13. The van der Waals surface area contributed by atoms with E-state index in [-0.39, 0.29) is 16.9 Å². The summed E-state index contributed by atoms with van der Waals surface area (Å²) >= 11 is 0. The van der Waals surface area contributed by atoms with E-state index in [0.29, 0.717) is 0 Å². The number of para-hydroxylation sites is 1. The third kappa shape index (κ3) is 3.69. The van der Waals surface area contributed by atoms with Gasteiger partial charge in [0.15, 0.2) is 0 Å². The minimum absolute atomic E-state index is 0.168. The van der Waals surface area contributed by atoms with Crippen molar-refractivity contribution in [2.24, 2.45) is 0 Å². The van der Waals surface area contributed by atoms with Crippen molar-refractivity contribution in [3.8, 4) is 17.2 Å². The van der Waals surface area contributed by atoms with Crippen molar-refractivity contribution in [2.75, 3.05) is 0 Å². The number of hydrogen-bond donors (Lipinski definition) is 1. The van der Waals surface area contributed by atoms with Crippen LogP contribution in [0.1, 0.15) is 15.9 Å². The third-order valence-electron chi connectivity index (χ3n) is 2.78. The number of carbonyl (C=O) groups is 1. The summed E-state index contributed by atoms with van der Waals surface area (Å²) in [7, 11) is 0. The van der Waals surface area contributed by atoms with Crippen molar-refractivity contribution in [3.05, 3.63) is 53.6 Å². The fourth-order valence-electron chi connectivity index (χ4n) is 1.82. The molecule has 0 aliphatic rings. The van der Waals surface area contributed by atoms with Crippen LogP contribution >= 0.6 is 0 Å². The summed E-state index contributed by atoms with van der Waals surface area (Å²) in [6.45, 7) is 1.22. The predicted molar refractivity (Wildman–Crippen MR) is 70.9 cm³/mol. The first-order chi connectivity index (χ1) is 10.3. The molecule has 116 valence electrons. The van der Waals surface area contributed by atoms with Gasteiger partial charge in [0.1, 0.15) is 22.8 Å². The Morgan fingerprint density at radius 1 is 1.09 bits per heavy atom. The average molecular weight is 312 g/mol. The van der Waals surface area contributed by atoms with Crippen LogP contribution in [-0.4, -0.2) is 17.4 Å². The number of carbonyl (C=O) groups excluding carboxylic acids is 1. The van der Waals surface area contributed by atoms with Crippen LogP contribution in [0.25, 0.3) is 0 Å². The lowest BCUT2D eigenvalue weighted by molar-refractivity contribution is -0.274. The van der Waals surface area contributed by atoms with Gasteiger partial charge >= 0.3 is 12.3 Å². The minimum atomic E-state index is -4.90. The van der Waals surface area contributed by atoms with Gasteiger partial charge in [-0.3, -0.25) is 0 Å². The second kappa shape index (κ2) is 5.97. The summed E-state index contributed by atoms with van der Waals surface area (Å²) < 4.78 is 45.7. The fourth-order valence-corrected chi connectivity index (χ4v) is 1.82. The lowest BCUT2D eigenvalue weighted by atomic mass is 10.1. The van der Waals surface area contributed by atoms with Crippen molar-refractivity contribution in [1.82, 2.24) is 0 Å². The zero-order chi connectivity index (χ0) is 16.3. The fraction of sp³-hybridized carbons (Fsp3) is 0.133. The van der Waals surface area contributed by atoms with Gasteiger partial charge in [0, 0.05) is 5.56 Å². The minimum Gasteiger partial charge on any atom is -0.507 e. The van der Waals surface area contributed by atoms with Gasteiger partial charge in [-0.1, -0.05) is 18.2 Å². The Kier molecular flexibility index (Phi) is 4.25. The molecule has 1 N–H and O–H groups in total. The van der Waals surface area contributed by atoms with E-state index < -0.39 is 23.8 Å². The third-order valence-corrected chi connectivity index (χ3v) is 2.78. The van der Waals surface area contributed by atoms with Crippen LogP contribution in [0.5, 0.6) is 17.2 Å². The number of rotatable bonds is 3. The molecule has 0 aliphatic carbocycles. The Bertz CT molecular complexity index is 681. The van der Waals surface area contributed by atoms with Gasteiger partial charge in [-0.05, 0) is 31.2 Å². The number of ether oxygens (including phenoxy) is 2. The Labute approximate surface area is 123 Å². The zero-order valence-corrected chi connectivity index (χ0v) is 11.3. The summed E-state index contributed by atoms with van der Waals surface area (Å²) in [4.78, 5) is 12.1. The monoisotopic (exact) mass is 312 g/mol. The highest BCUT2D eigenvalue weighted by atomic mass is 19.4. The number of aromatic hydroxyl groups is 1. The molecule has 7 heteroatoms. The Morgan fingerprint density at radius 2 is 1.73 bits per heavy atom. The number of halogens is 3. The smallest absolute Gasteiger partial charge is 0.507 e. The molecule has 0 atom stereocenters. The molecule has 0 aromatic heterocycles. The molecular weight excluding hydrogens is 301 g/mol. The van der Waals surface area contributed by atoms with Crippen LogP contribution in [0.2, 0.25) is 0 Å². The van der Waals surface area contributed by atoms with E-state index in [1.54, 1.807) is 18.2 Å². The van der Waals surface area contributed by atoms with Crippen LogP contribution in [0, 0.1) is 6.92 Å². The summed E-state index contributed by atoms with van der Waals surface area (Å²) in [5.74, 6) is -1.85. The van der Waals surface area contributed by atoms with Gasteiger partial charge in [0.05, 0.1) is 0 Å². The predicted octanol–water partition coefficient (Wildman–Crippen LogP) is 3.82. The standard InChI is InChI=1S/C15H11F3O4/c1-9-12(22-15(16,17)18)8-7-11(19)13(9)14(20)21-10-5-3-2-4-6-10/h2-8,19H,1H3. The largest absolute Gasteiger partial charge is 0.573 e. The highest BCUT2D eigenvalue weighted by molar-refractivity contribution is 5.96. The lowest BCUT2D eigenvalue weighted by Gasteiger charge is -2.14. The van der Waals surface area contributed by atoms with Crippen LogP contribution in [0.15, 0.2) is 42.5 Å². The van der Waals surface area contributed by atoms with Crippen molar-refractivity contribution in [2.45, 2.75) is 13.3 Å². The molecule has 0 unspecified atom stereocenters. The van der Waals surface area contributed by atoms with Gasteiger partial charge in [0.2, 0.25) is 0 Å². The van der Waals surface area contributed by atoms with E-state index in [1.165, 1.54) is 19.1 Å². The molecule has 2 aromatic rings. The highest BCUT2D eigenvalue weighted by Crippen LogP contribution is 2.33. The molecule has 0 saturated carbocycles. The summed E-state index contributed by atoms with van der Waals surface area (Å²) in [6, 6.07) is 9.82. The maximum atomic E-state index is 12.3. The summed E-state index contributed by atoms with van der Waals surface area (Å²) in [5, 5.41) is 9.72. The molecule has 2 aromatic carbocycles. The second-order valence-electron chi connectivity index (χ2n) is 4.33. The summed E-state index contributed by atoms with van der Waals surface area (Å²) in [6.07, 6.45) is -4.90. The van der Waals surface area contributed by atoms with Gasteiger partial charge in [-0.25, -0.2) is 4.79 Å². The van der Waals surface area contributed by atoms with Crippen molar-refractivity contribution < 1.29 is 32.5 Å². The first-order valence-electron chi connectivity index (χ1n) is 6.13. The van der Waals surface area contributed by atoms with Gasteiger partial charge in [-0.2, -0.15) is 0 Å². The van der Waals surface area contributed by atoms with E-state index in [9.17, 15) is 23.1 Å². The van der Waals surface area contributed by atoms with Gasteiger partial charge in [-0.15, -0.1) is 13.2 Å². The number of hydrogen-bond acceptors (Lipinski definition) is 4. The number of alkyl halides is 3. The van der Waals surface area contributed by atoms with E-state index in [1.807, 2.05) is 0 Å². The Balaban J connectivity index is 2.33. The summed E-state index contributed by atoms with van der Waals surface area (Å²) in [5.41, 5.74) is -0.552. The first kappa shape index (κ1) is 15.7. The molecule has 0 spiro atoms. The quantitative estimate of drug-likeness (QED) is 0.691. The lowest BCUT2D eigenvalue weighted by Crippen LogP contribution is -2.19. The normalized spacial score (nSPS) is 11.1. The maximum absolute atomic E-state index is 12.3. The molecule has 0 fully saturated rings. The highest BCUT2D eigenvalue weighted by Gasteiger charge is 2.33. The molecule has 22 heavy (non-hydrogen) atoms. The molecular formula is C15H11F3O4. The molecule has 2 rings (SSSR count). The second-order valence-corrected chi connectivity index (χ2v) is 4.33. The van der Waals surface area contributed by atoms with Crippen LogP contribution < -0.4 is 9.47 Å². The van der Waals surface area contributed by atoms with Crippen LogP contribution in [-0.2, 0) is 0 Å². The Hall–Kier alpha value is -2.70. The van der Waals surface area contributed by atoms with Crippen molar-refractivity contribution in [1.29, 1.82) is 0 Å². The van der Waals surface area contributed by atoms with Gasteiger partial charge in [0.25, 0.3) is 0 Å². The van der Waals surface area contributed by atoms with Crippen molar-refractivity contribution >= 4 is 5.97 Å². The molecule has 0 heterocycles. The number of benzene rings is 2. The van der Waals surface area contributed by atoms with E-state index in [4.69, 9.17) is 4.74 Å². The van der Waals surface area contributed by atoms with Gasteiger partial charge < -0.3 is 14.6 Å². The molecule has 0 radical (unpaired) electrons. The van der Waals surface area contributed by atoms with E-state index in [2.05, 4.69) is 4.74 Å². The average Bonchev–Trinajstić information content (AvgIpc) is 2.42. The zero-order valence-electron chi connectivity index (χ0n) is 11.3. The Morgan fingerprint density at radius 3 is 2.32 bits per heavy atom. The number of phenolic OH excluding ortho intramolecular Hbond substituents is 1. The molecule has 4 nitrogen and oxygen atoms in total.